The molecule has 4 nitrogen and oxygen atoms in total. The van der Waals surface area contributed by atoms with Crippen molar-refractivity contribution < 1.29 is 17.7 Å². The van der Waals surface area contributed by atoms with E-state index in [0.29, 0.717) is 6.42 Å². The van der Waals surface area contributed by atoms with Crippen molar-refractivity contribution in [2.45, 2.75) is 49.5 Å². The van der Waals surface area contributed by atoms with Gasteiger partial charge in [-0.05, 0) is 31.9 Å². The van der Waals surface area contributed by atoms with Crippen molar-refractivity contribution in [3.05, 3.63) is 29.8 Å². The van der Waals surface area contributed by atoms with Crippen LogP contribution in [0.3, 0.4) is 0 Å². The lowest BCUT2D eigenvalue weighted by Gasteiger charge is -2.21. The van der Waals surface area contributed by atoms with E-state index >= 15 is 0 Å². The van der Waals surface area contributed by atoms with Gasteiger partial charge in [0.15, 0.2) is 0 Å². The van der Waals surface area contributed by atoms with Gasteiger partial charge in [-0.15, -0.1) is 0 Å². The number of hydrogen-bond acceptors (Lipinski definition) is 4. The van der Waals surface area contributed by atoms with Gasteiger partial charge in [0, 0.05) is 6.42 Å². The number of benzene rings is 1. The zero-order chi connectivity index (χ0) is 13.9. The second kappa shape index (κ2) is 5.61. The third kappa shape index (κ3) is 3.78. The average Bonchev–Trinajstić information content (AvgIpc) is 2.76. The van der Waals surface area contributed by atoms with Crippen LogP contribution in [0.25, 0.3) is 0 Å². The number of hydrogen-bond donors (Lipinski definition) is 1. The van der Waals surface area contributed by atoms with Gasteiger partial charge in [-0.3, -0.25) is 4.18 Å². The summed E-state index contributed by atoms with van der Waals surface area (Å²) in [6, 6.07) is 6.55. The Morgan fingerprint density at radius 2 is 1.79 bits per heavy atom. The summed E-state index contributed by atoms with van der Waals surface area (Å²) in [5.41, 5.74) is 0.266. The smallest absolute Gasteiger partial charge is 0.296 e. The monoisotopic (exact) mass is 284 g/mol. The standard InChI is InChI=1S/C14H20O4S/c1-12-4-6-13(7-5-12)19(16,17)18-11-10-14(15)8-2-3-9-14/h4-7,15H,2-3,8-11H2,1H3. The average molecular weight is 284 g/mol. The molecule has 0 atom stereocenters. The summed E-state index contributed by atoms with van der Waals surface area (Å²) in [5.74, 6) is 0. The Balaban J connectivity index is 1.92. The molecule has 5 heteroatoms. The van der Waals surface area contributed by atoms with Crippen LogP contribution >= 0.6 is 0 Å². The minimum absolute atomic E-state index is 0.0344. The predicted molar refractivity (Wildman–Crippen MR) is 72.4 cm³/mol. The molecule has 1 fully saturated rings. The Morgan fingerprint density at radius 3 is 2.37 bits per heavy atom. The zero-order valence-electron chi connectivity index (χ0n) is 11.1. The largest absolute Gasteiger partial charge is 0.390 e. The normalized spacial score (nSPS) is 18.6. The second-order valence-electron chi connectivity index (χ2n) is 5.27. The fourth-order valence-corrected chi connectivity index (χ4v) is 3.31. The first kappa shape index (κ1) is 14.5. The molecule has 2 rings (SSSR count). The summed E-state index contributed by atoms with van der Waals surface area (Å²) in [7, 11) is -3.71. The van der Waals surface area contributed by atoms with Crippen LogP contribution in [0.5, 0.6) is 0 Å². The van der Waals surface area contributed by atoms with Gasteiger partial charge in [-0.1, -0.05) is 30.5 Å². The van der Waals surface area contributed by atoms with Crippen LogP contribution in [0, 0.1) is 6.92 Å². The van der Waals surface area contributed by atoms with Crippen LogP contribution in [0.1, 0.15) is 37.7 Å². The number of rotatable bonds is 5. The molecule has 19 heavy (non-hydrogen) atoms. The fourth-order valence-electron chi connectivity index (χ4n) is 2.40. The van der Waals surface area contributed by atoms with Gasteiger partial charge in [-0.25, -0.2) is 0 Å². The van der Waals surface area contributed by atoms with E-state index in [9.17, 15) is 13.5 Å². The SMILES string of the molecule is Cc1ccc(S(=O)(=O)OCCC2(O)CCCC2)cc1. The van der Waals surface area contributed by atoms with E-state index in [1.54, 1.807) is 12.1 Å². The summed E-state index contributed by atoms with van der Waals surface area (Å²) in [5, 5.41) is 10.1. The van der Waals surface area contributed by atoms with Gasteiger partial charge in [0.05, 0.1) is 17.1 Å². The molecule has 0 heterocycles. The van der Waals surface area contributed by atoms with Crippen molar-refractivity contribution in [3.8, 4) is 0 Å². The highest BCUT2D eigenvalue weighted by molar-refractivity contribution is 7.86. The molecule has 0 bridgehead atoms. The van der Waals surface area contributed by atoms with E-state index in [4.69, 9.17) is 4.18 Å². The van der Waals surface area contributed by atoms with Crippen molar-refractivity contribution in [1.82, 2.24) is 0 Å². The first-order chi connectivity index (χ1) is 8.91. The molecule has 0 aliphatic heterocycles. The van der Waals surface area contributed by atoms with Gasteiger partial charge < -0.3 is 5.11 Å². The van der Waals surface area contributed by atoms with Crippen LogP contribution in [0.2, 0.25) is 0 Å². The van der Waals surface area contributed by atoms with Crippen LogP contribution < -0.4 is 0 Å². The second-order valence-corrected chi connectivity index (χ2v) is 6.89. The molecule has 0 radical (unpaired) electrons. The molecule has 0 spiro atoms. The molecule has 1 aliphatic carbocycles. The van der Waals surface area contributed by atoms with Crippen LogP contribution in [0.4, 0.5) is 0 Å². The first-order valence-corrected chi connectivity index (χ1v) is 8.01. The molecular formula is C14H20O4S. The topological polar surface area (TPSA) is 63.6 Å². The van der Waals surface area contributed by atoms with E-state index in [-0.39, 0.29) is 11.5 Å². The maximum Gasteiger partial charge on any atom is 0.296 e. The predicted octanol–water partition coefficient (Wildman–Crippen LogP) is 2.40. The van der Waals surface area contributed by atoms with Gasteiger partial charge in [0.25, 0.3) is 10.1 Å². The number of aryl methyl sites for hydroxylation is 1. The Hall–Kier alpha value is -0.910. The molecule has 1 saturated carbocycles. The van der Waals surface area contributed by atoms with Gasteiger partial charge in [0.1, 0.15) is 0 Å². The lowest BCUT2D eigenvalue weighted by molar-refractivity contribution is 0.0266. The third-order valence-electron chi connectivity index (χ3n) is 3.65. The quantitative estimate of drug-likeness (QED) is 0.843. The van der Waals surface area contributed by atoms with E-state index < -0.39 is 15.7 Å². The summed E-state index contributed by atoms with van der Waals surface area (Å²) in [4.78, 5) is 0.163. The highest BCUT2D eigenvalue weighted by Gasteiger charge is 2.31. The van der Waals surface area contributed by atoms with Crippen molar-refractivity contribution >= 4 is 10.1 Å². The fraction of sp³-hybridized carbons (Fsp3) is 0.571. The van der Waals surface area contributed by atoms with Crippen LogP contribution in [-0.4, -0.2) is 25.7 Å². The molecule has 0 unspecified atom stereocenters. The lowest BCUT2D eigenvalue weighted by Crippen LogP contribution is -2.26. The van der Waals surface area contributed by atoms with Gasteiger partial charge in [-0.2, -0.15) is 8.42 Å². The minimum atomic E-state index is -3.71. The van der Waals surface area contributed by atoms with Gasteiger partial charge >= 0.3 is 0 Å². The molecule has 1 N–H and O–H groups in total. The van der Waals surface area contributed by atoms with Crippen molar-refractivity contribution in [2.75, 3.05) is 6.61 Å². The third-order valence-corrected chi connectivity index (χ3v) is 4.98. The molecule has 0 saturated heterocycles. The van der Waals surface area contributed by atoms with Crippen LogP contribution in [-0.2, 0) is 14.3 Å². The summed E-state index contributed by atoms with van der Waals surface area (Å²) < 4.78 is 28.8. The Morgan fingerprint density at radius 1 is 1.21 bits per heavy atom. The maximum atomic E-state index is 11.9. The summed E-state index contributed by atoms with van der Waals surface area (Å²) in [6.45, 7) is 1.93. The molecule has 0 aromatic heterocycles. The molecule has 1 aromatic carbocycles. The first-order valence-electron chi connectivity index (χ1n) is 6.60. The van der Waals surface area contributed by atoms with E-state index in [2.05, 4.69) is 0 Å². The lowest BCUT2D eigenvalue weighted by atomic mass is 9.99. The minimum Gasteiger partial charge on any atom is -0.390 e. The van der Waals surface area contributed by atoms with Crippen molar-refractivity contribution in [3.63, 3.8) is 0 Å². The Labute approximate surface area is 114 Å². The van der Waals surface area contributed by atoms with Crippen LogP contribution in [0.15, 0.2) is 29.2 Å². The highest BCUT2D eigenvalue weighted by Crippen LogP contribution is 2.32. The Kier molecular flexibility index (Phi) is 4.28. The van der Waals surface area contributed by atoms with E-state index in [1.807, 2.05) is 6.92 Å². The summed E-state index contributed by atoms with van der Waals surface area (Å²) >= 11 is 0. The molecule has 106 valence electrons. The molecule has 0 amide bonds. The van der Waals surface area contributed by atoms with Crippen molar-refractivity contribution in [1.29, 1.82) is 0 Å². The van der Waals surface area contributed by atoms with Crippen molar-refractivity contribution in [2.24, 2.45) is 0 Å². The maximum absolute atomic E-state index is 11.9. The van der Waals surface area contributed by atoms with Gasteiger partial charge in [0.2, 0.25) is 0 Å². The highest BCUT2D eigenvalue weighted by atomic mass is 32.2. The Bertz CT molecular complexity index is 513. The zero-order valence-corrected chi connectivity index (χ0v) is 11.9. The molecular weight excluding hydrogens is 264 g/mol. The van der Waals surface area contributed by atoms with E-state index in [1.165, 1.54) is 12.1 Å². The molecule has 1 aromatic rings. The molecule has 1 aliphatic rings. The van der Waals surface area contributed by atoms with E-state index in [0.717, 1.165) is 31.2 Å². The summed E-state index contributed by atoms with van der Waals surface area (Å²) in [6.07, 6.45) is 3.85. The number of aliphatic hydroxyl groups is 1.